The smallest absolute Gasteiger partial charge is 0.416 e. The van der Waals surface area contributed by atoms with Gasteiger partial charge >= 0.3 is 11.0 Å². The number of imide groups is 1. The molecule has 3 heterocycles. The summed E-state index contributed by atoms with van der Waals surface area (Å²) in [6, 6.07) is 16.4. The number of aromatic nitrogens is 1. The molecule has 216 valence electrons. The summed E-state index contributed by atoms with van der Waals surface area (Å²) < 4.78 is 51.8. The third kappa shape index (κ3) is 5.07. The third-order valence-corrected chi connectivity index (χ3v) is 9.72. The van der Waals surface area contributed by atoms with Crippen LogP contribution in [-0.4, -0.2) is 29.2 Å². The molecule has 1 N–H and O–H groups in total. The van der Waals surface area contributed by atoms with E-state index >= 15 is 0 Å². The van der Waals surface area contributed by atoms with Gasteiger partial charge in [-0.3, -0.25) is 14.4 Å². The molecule has 2 amide bonds. The molecule has 3 unspecified atom stereocenters. The molecule has 3 atom stereocenters. The average Bonchev–Trinajstić information content (AvgIpc) is 3.45. The van der Waals surface area contributed by atoms with E-state index in [1.807, 2.05) is 6.07 Å². The van der Waals surface area contributed by atoms with Gasteiger partial charge in [-0.1, -0.05) is 59.0 Å². The number of alkyl halides is 3. The summed E-state index contributed by atoms with van der Waals surface area (Å²) >= 11 is 8.04. The maximum atomic E-state index is 13.9. The van der Waals surface area contributed by atoms with Gasteiger partial charge in [0, 0.05) is 15.8 Å². The molecule has 1 aromatic heterocycles. The number of aromatic amines is 1. The molecule has 0 spiro atoms. The van der Waals surface area contributed by atoms with Crippen molar-refractivity contribution in [2.45, 2.75) is 29.0 Å². The number of fused-ring (bicyclic) bond motifs is 2. The Hall–Kier alpha value is -3.74. The van der Waals surface area contributed by atoms with Crippen LogP contribution in [0.4, 0.5) is 18.9 Å². The zero-order valence-corrected chi connectivity index (χ0v) is 24.0. The van der Waals surface area contributed by atoms with Crippen molar-refractivity contribution in [1.29, 1.82) is 0 Å². The minimum absolute atomic E-state index is 0.159. The van der Waals surface area contributed by atoms with E-state index in [1.165, 1.54) is 13.2 Å². The molecule has 0 aliphatic carbocycles. The highest BCUT2D eigenvalue weighted by molar-refractivity contribution is 8.00. The molecule has 0 saturated carbocycles. The van der Waals surface area contributed by atoms with Crippen molar-refractivity contribution in [3.8, 4) is 11.5 Å². The molecule has 13 heteroatoms. The number of carbonyl (C=O) groups excluding carboxylic acids is 2. The molecule has 1 fully saturated rings. The van der Waals surface area contributed by atoms with Crippen LogP contribution in [0.25, 0.3) is 0 Å². The van der Waals surface area contributed by atoms with Gasteiger partial charge in [0.25, 0.3) is 0 Å². The number of nitrogens with zero attached hydrogens (tertiary/aromatic N) is 1. The number of benzene rings is 3. The quantitative estimate of drug-likeness (QED) is 0.245. The first kappa shape index (κ1) is 28.4. The minimum atomic E-state index is -4.65. The summed E-state index contributed by atoms with van der Waals surface area (Å²) in [5.74, 6) is -2.22. The second kappa shape index (κ2) is 10.8. The number of halogens is 4. The normalized spacial score (nSPS) is 19.9. The van der Waals surface area contributed by atoms with Gasteiger partial charge < -0.3 is 14.5 Å². The van der Waals surface area contributed by atoms with Crippen LogP contribution in [-0.2, 0) is 22.4 Å². The Balaban J connectivity index is 1.38. The molecule has 4 aromatic rings. The second-order valence-corrected chi connectivity index (χ2v) is 12.2. The zero-order valence-electron chi connectivity index (χ0n) is 21.6. The van der Waals surface area contributed by atoms with Gasteiger partial charge in [0.1, 0.15) is 11.9 Å². The number of hydrogen-bond acceptors (Lipinski definition) is 7. The van der Waals surface area contributed by atoms with Crippen molar-refractivity contribution in [1.82, 2.24) is 4.98 Å². The fourth-order valence-electron chi connectivity index (χ4n) is 5.24. The SMILES string of the molecule is COc1cc(C2c3sc(=O)[nH]c3SC3C(=O)N(c4cccc(C(F)(F)F)c4)C(=O)C32)ccc1OCc1cccc(Cl)c1. The summed E-state index contributed by atoms with van der Waals surface area (Å²) in [4.78, 5) is 43.6. The maximum Gasteiger partial charge on any atom is 0.416 e. The van der Waals surface area contributed by atoms with Crippen LogP contribution in [0.5, 0.6) is 11.5 Å². The monoisotopic (exact) mass is 632 g/mol. The summed E-state index contributed by atoms with van der Waals surface area (Å²) in [5.41, 5.74) is 0.294. The van der Waals surface area contributed by atoms with Crippen LogP contribution in [0.1, 0.15) is 27.5 Å². The first-order valence-electron chi connectivity index (χ1n) is 12.5. The minimum Gasteiger partial charge on any atom is -0.493 e. The van der Waals surface area contributed by atoms with Crippen molar-refractivity contribution >= 4 is 52.2 Å². The van der Waals surface area contributed by atoms with Gasteiger partial charge in [-0.25, -0.2) is 4.90 Å². The first-order valence-corrected chi connectivity index (χ1v) is 14.6. The van der Waals surface area contributed by atoms with E-state index in [1.54, 1.807) is 36.4 Å². The number of H-pyrrole nitrogens is 1. The first-order chi connectivity index (χ1) is 20.0. The number of ether oxygens (including phenoxy) is 2. The zero-order chi connectivity index (χ0) is 29.8. The predicted octanol–water partition coefficient (Wildman–Crippen LogP) is 6.49. The van der Waals surface area contributed by atoms with Crippen LogP contribution in [0, 0.1) is 5.92 Å². The Morgan fingerprint density at radius 2 is 1.76 bits per heavy atom. The fourth-order valence-corrected chi connectivity index (χ4v) is 7.96. The summed E-state index contributed by atoms with van der Waals surface area (Å²) in [6.45, 7) is 0.212. The van der Waals surface area contributed by atoms with E-state index in [2.05, 4.69) is 4.98 Å². The Morgan fingerprint density at radius 3 is 2.50 bits per heavy atom. The number of methoxy groups -OCH3 is 1. The molecule has 7 nitrogen and oxygen atoms in total. The van der Waals surface area contributed by atoms with Gasteiger partial charge in [0.15, 0.2) is 11.5 Å². The number of thiazole rings is 1. The van der Waals surface area contributed by atoms with Crippen molar-refractivity contribution in [2.75, 3.05) is 12.0 Å². The lowest BCUT2D eigenvalue weighted by atomic mass is 9.83. The highest BCUT2D eigenvalue weighted by atomic mass is 35.5. The number of hydrogen-bond donors (Lipinski definition) is 1. The number of rotatable bonds is 6. The van der Waals surface area contributed by atoms with Gasteiger partial charge in [-0.2, -0.15) is 13.2 Å². The molecule has 0 radical (unpaired) electrons. The van der Waals surface area contributed by atoms with Crippen LogP contribution < -0.4 is 19.2 Å². The number of nitrogens with one attached hydrogen (secondary N) is 1. The number of thioether (sulfide) groups is 1. The molecule has 42 heavy (non-hydrogen) atoms. The number of carbonyl (C=O) groups is 2. The lowest BCUT2D eigenvalue weighted by Gasteiger charge is -2.30. The molecular formula is C29H20ClF3N2O5S2. The van der Waals surface area contributed by atoms with Crippen LogP contribution >= 0.6 is 34.7 Å². The van der Waals surface area contributed by atoms with Crippen molar-refractivity contribution in [3.63, 3.8) is 0 Å². The lowest BCUT2D eigenvalue weighted by molar-refractivity contribution is -0.137. The van der Waals surface area contributed by atoms with Crippen molar-refractivity contribution in [3.05, 3.63) is 103 Å². The highest BCUT2D eigenvalue weighted by Crippen LogP contribution is 2.54. The second-order valence-electron chi connectivity index (χ2n) is 9.64. The van der Waals surface area contributed by atoms with E-state index in [9.17, 15) is 27.6 Å². The largest absolute Gasteiger partial charge is 0.493 e. The number of anilines is 1. The fraction of sp³-hybridized carbons (Fsp3) is 0.207. The Labute approximate surface area is 250 Å². The summed E-state index contributed by atoms with van der Waals surface area (Å²) in [7, 11) is 1.46. The molecule has 2 aliphatic heterocycles. The third-order valence-electron chi connectivity index (χ3n) is 7.09. The van der Waals surface area contributed by atoms with Gasteiger partial charge in [0.05, 0.1) is 29.3 Å². The summed E-state index contributed by atoms with van der Waals surface area (Å²) in [5, 5.41) is 0.0578. The Morgan fingerprint density at radius 1 is 0.976 bits per heavy atom. The van der Waals surface area contributed by atoms with E-state index in [4.69, 9.17) is 21.1 Å². The Bertz CT molecular complexity index is 1770. The molecule has 0 bridgehead atoms. The van der Waals surface area contributed by atoms with Crippen LogP contribution in [0.15, 0.2) is 76.6 Å². The number of amides is 2. The molecule has 1 saturated heterocycles. The standard InChI is InChI=1S/C29H20ClF3N2O5S2/c1-39-20-11-15(8-9-19(20)40-13-14-4-2-6-17(30)10-14)21-22-24(41-25-23(21)42-28(38)34-25)27(37)35(26(22)36)18-7-3-5-16(12-18)29(31,32)33/h2-12,21-22,24H,13H2,1H3,(H,34,38). The van der Waals surface area contributed by atoms with Gasteiger partial charge in [-0.05, 0) is 53.6 Å². The van der Waals surface area contributed by atoms with E-state index in [-0.39, 0.29) is 17.2 Å². The predicted molar refractivity (Wildman–Crippen MR) is 153 cm³/mol. The topological polar surface area (TPSA) is 88.7 Å². The van der Waals surface area contributed by atoms with Crippen LogP contribution in [0.2, 0.25) is 5.02 Å². The highest BCUT2D eigenvalue weighted by Gasteiger charge is 2.56. The van der Waals surface area contributed by atoms with E-state index < -0.39 is 40.6 Å². The van der Waals surface area contributed by atoms with Crippen LogP contribution in [0.3, 0.4) is 0 Å². The molecule has 2 aliphatic rings. The summed E-state index contributed by atoms with van der Waals surface area (Å²) in [6.07, 6.45) is -4.65. The molecular weight excluding hydrogens is 613 g/mol. The van der Waals surface area contributed by atoms with Gasteiger partial charge in [-0.15, -0.1) is 0 Å². The molecule has 6 rings (SSSR count). The van der Waals surface area contributed by atoms with E-state index in [0.717, 1.165) is 51.8 Å². The molecule has 3 aromatic carbocycles. The Kier molecular flexibility index (Phi) is 7.32. The van der Waals surface area contributed by atoms with Crippen molar-refractivity contribution in [2.24, 2.45) is 5.92 Å². The van der Waals surface area contributed by atoms with Gasteiger partial charge in [0.2, 0.25) is 11.8 Å². The van der Waals surface area contributed by atoms with E-state index in [0.29, 0.717) is 32.0 Å². The average molecular weight is 633 g/mol. The lowest BCUT2D eigenvalue weighted by Crippen LogP contribution is -2.32. The van der Waals surface area contributed by atoms with Crippen molar-refractivity contribution < 1.29 is 32.2 Å². The maximum absolute atomic E-state index is 13.9.